The van der Waals surface area contributed by atoms with E-state index in [4.69, 9.17) is 18.9 Å². The normalized spacial score (nSPS) is 15.0. The van der Waals surface area contributed by atoms with Gasteiger partial charge in [0.05, 0.1) is 35.6 Å². The Bertz CT molecular complexity index is 1600. The number of rotatable bonds is 10. The average molecular weight is 549 g/mol. The second-order valence-electron chi connectivity index (χ2n) is 9.02. The van der Waals surface area contributed by atoms with Crippen LogP contribution in [0.2, 0.25) is 0 Å². The van der Waals surface area contributed by atoms with Crippen LogP contribution in [0.3, 0.4) is 0 Å². The molecule has 1 aliphatic heterocycles. The number of esters is 1. The number of hydrogen-bond acceptors (Lipinski definition) is 8. The standard InChI is InChI=1S/C30H32N2O6S/c1-7-15-37-23-14-13-20(16-24(23)35-6)17-25-28(33)32-27(21-11-9-10-12-22(21)38-18(3)4)26(29(34)36-8-2)19(5)31-30(32)39-25/h7,9-14,16-18,27H,1,8,15H2,2-6H3/b25-17-/t27-/m0/s1. The van der Waals surface area contributed by atoms with Crippen LogP contribution in [0, 0.1) is 0 Å². The fraction of sp³-hybridized carbons (Fsp3) is 0.300. The molecular weight excluding hydrogens is 516 g/mol. The second kappa shape index (κ2) is 12.2. The zero-order chi connectivity index (χ0) is 28.1. The van der Waals surface area contributed by atoms with Gasteiger partial charge in [-0.3, -0.25) is 9.36 Å². The summed E-state index contributed by atoms with van der Waals surface area (Å²) in [4.78, 5) is 32.3. The molecule has 8 nitrogen and oxygen atoms in total. The minimum atomic E-state index is -0.762. The van der Waals surface area contributed by atoms with Crippen molar-refractivity contribution in [3.63, 3.8) is 0 Å². The summed E-state index contributed by atoms with van der Waals surface area (Å²) >= 11 is 1.25. The summed E-state index contributed by atoms with van der Waals surface area (Å²) in [6.45, 7) is 11.6. The highest BCUT2D eigenvalue weighted by Gasteiger charge is 2.35. The molecule has 0 saturated heterocycles. The zero-order valence-corrected chi connectivity index (χ0v) is 23.5. The van der Waals surface area contributed by atoms with Gasteiger partial charge in [0, 0.05) is 5.56 Å². The maximum atomic E-state index is 13.9. The fourth-order valence-electron chi connectivity index (χ4n) is 4.35. The molecule has 4 rings (SSSR count). The number of hydrogen-bond donors (Lipinski definition) is 0. The van der Waals surface area contributed by atoms with Gasteiger partial charge in [0.2, 0.25) is 0 Å². The number of carbonyl (C=O) groups excluding carboxylic acids is 1. The Balaban J connectivity index is 1.91. The average Bonchev–Trinajstić information content (AvgIpc) is 3.21. The van der Waals surface area contributed by atoms with Crippen LogP contribution >= 0.6 is 11.3 Å². The molecule has 1 aliphatic rings. The number of methoxy groups -OCH3 is 1. The zero-order valence-electron chi connectivity index (χ0n) is 22.7. The molecule has 0 fully saturated rings. The molecule has 0 radical (unpaired) electrons. The summed E-state index contributed by atoms with van der Waals surface area (Å²) < 4.78 is 24.6. The molecule has 0 N–H and O–H groups in total. The van der Waals surface area contributed by atoms with Gasteiger partial charge in [-0.15, -0.1) is 0 Å². The van der Waals surface area contributed by atoms with Gasteiger partial charge in [-0.05, 0) is 57.5 Å². The predicted octanol–water partition coefficient (Wildman–Crippen LogP) is 4.16. The third-order valence-corrected chi connectivity index (χ3v) is 6.92. The highest BCUT2D eigenvalue weighted by Crippen LogP contribution is 2.36. The van der Waals surface area contributed by atoms with Gasteiger partial charge < -0.3 is 18.9 Å². The molecule has 0 amide bonds. The van der Waals surface area contributed by atoms with Crippen molar-refractivity contribution in [1.29, 1.82) is 0 Å². The van der Waals surface area contributed by atoms with E-state index in [0.29, 0.717) is 50.0 Å². The van der Waals surface area contributed by atoms with Crippen LogP contribution in [0.4, 0.5) is 0 Å². The minimum Gasteiger partial charge on any atom is -0.493 e. The van der Waals surface area contributed by atoms with Crippen molar-refractivity contribution in [3.8, 4) is 17.2 Å². The van der Waals surface area contributed by atoms with Crippen LogP contribution in [-0.2, 0) is 9.53 Å². The number of ether oxygens (including phenoxy) is 4. The number of allylic oxidation sites excluding steroid dienone is 1. The number of carbonyl (C=O) groups is 1. The lowest BCUT2D eigenvalue weighted by Gasteiger charge is -2.26. The Morgan fingerprint density at radius 2 is 1.95 bits per heavy atom. The lowest BCUT2D eigenvalue weighted by Crippen LogP contribution is -2.40. The highest BCUT2D eigenvalue weighted by atomic mass is 32.1. The molecule has 204 valence electrons. The Kier molecular flexibility index (Phi) is 8.71. The van der Waals surface area contributed by atoms with E-state index in [1.807, 2.05) is 44.2 Å². The van der Waals surface area contributed by atoms with E-state index in [1.165, 1.54) is 11.3 Å². The first-order valence-corrected chi connectivity index (χ1v) is 13.5. The van der Waals surface area contributed by atoms with Crippen molar-refractivity contribution >= 4 is 23.4 Å². The first-order valence-electron chi connectivity index (χ1n) is 12.7. The van der Waals surface area contributed by atoms with Gasteiger partial charge in [-0.1, -0.05) is 48.3 Å². The van der Waals surface area contributed by atoms with Gasteiger partial charge in [-0.25, -0.2) is 9.79 Å². The van der Waals surface area contributed by atoms with Crippen molar-refractivity contribution in [1.82, 2.24) is 4.57 Å². The summed E-state index contributed by atoms with van der Waals surface area (Å²) in [5.41, 5.74) is 1.96. The predicted molar refractivity (Wildman–Crippen MR) is 151 cm³/mol. The molecule has 0 bridgehead atoms. The first-order chi connectivity index (χ1) is 18.8. The SMILES string of the molecule is C=CCOc1ccc(/C=c2\sc3n(c2=O)[C@@H](c2ccccc2OC(C)C)C(C(=O)OCC)=C(C)N=3)cc1OC. The molecule has 3 aromatic rings. The Labute approximate surface area is 231 Å². The van der Waals surface area contributed by atoms with E-state index in [-0.39, 0.29) is 18.3 Å². The lowest BCUT2D eigenvalue weighted by molar-refractivity contribution is -0.139. The molecule has 1 atom stereocenters. The number of fused-ring (bicyclic) bond motifs is 1. The van der Waals surface area contributed by atoms with Crippen LogP contribution in [-0.4, -0.2) is 37.0 Å². The number of aromatic nitrogens is 1. The van der Waals surface area contributed by atoms with E-state index < -0.39 is 12.0 Å². The Hall–Kier alpha value is -4.11. The molecule has 0 unspecified atom stereocenters. The maximum absolute atomic E-state index is 13.9. The lowest BCUT2D eigenvalue weighted by atomic mass is 9.95. The van der Waals surface area contributed by atoms with Crippen LogP contribution in [0.1, 0.15) is 44.9 Å². The van der Waals surface area contributed by atoms with Gasteiger partial charge in [0.1, 0.15) is 18.4 Å². The molecule has 0 aliphatic carbocycles. The van der Waals surface area contributed by atoms with E-state index in [2.05, 4.69) is 11.6 Å². The van der Waals surface area contributed by atoms with Gasteiger partial charge in [0.25, 0.3) is 5.56 Å². The van der Waals surface area contributed by atoms with Crippen LogP contribution < -0.4 is 29.1 Å². The second-order valence-corrected chi connectivity index (χ2v) is 10.0. The van der Waals surface area contributed by atoms with E-state index in [0.717, 1.165) is 5.56 Å². The highest BCUT2D eigenvalue weighted by molar-refractivity contribution is 7.07. The minimum absolute atomic E-state index is 0.105. The third-order valence-electron chi connectivity index (χ3n) is 5.94. The molecule has 0 saturated carbocycles. The van der Waals surface area contributed by atoms with Crippen molar-refractivity contribution < 1.29 is 23.7 Å². The van der Waals surface area contributed by atoms with E-state index >= 15 is 0 Å². The molecule has 2 aromatic carbocycles. The van der Waals surface area contributed by atoms with Crippen LogP contribution in [0.15, 0.2) is 76.2 Å². The largest absolute Gasteiger partial charge is 0.493 e. The number of para-hydroxylation sites is 1. The molecule has 9 heteroatoms. The van der Waals surface area contributed by atoms with Crippen molar-refractivity contribution in [2.24, 2.45) is 4.99 Å². The molecule has 39 heavy (non-hydrogen) atoms. The fourth-order valence-corrected chi connectivity index (χ4v) is 5.39. The molecule has 2 heterocycles. The van der Waals surface area contributed by atoms with Gasteiger partial charge >= 0.3 is 5.97 Å². The van der Waals surface area contributed by atoms with Gasteiger partial charge in [0.15, 0.2) is 16.3 Å². The van der Waals surface area contributed by atoms with Crippen molar-refractivity contribution in [2.75, 3.05) is 20.3 Å². The summed E-state index contributed by atoms with van der Waals surface area (Å²) in [5.74, 6) is 1.18. The Morgan fingerprint density at radius 3 is 2.64 bits per heavy atom. The monoisotopic (exact) mass is 548 g/mol. The molecular formula is C30H32N2O6S. The quantitative estimate of drug-likeness (QED) is 0.279. The van der Waals surface area contributed by atoms with E-state index in [1.54, 1.807) is 49.8 Å². The number of benzene rings is 2. The first kappa shape index (κ1) is 27.9. The molecule has 1 aromatic heterocycles. The van der Waals surface area contributed by atoms with Crippen LogP contribution in [0.25, 0.3) is 6.08 Å². The van der Waals surface area contributed by atoms with Crippen molar-refractivity contribution in [3.05, 3.63) is 97.2 Å². The van der Waals surface area contributed by atoms with E-state index in [9.17, 15) is 9.59 Å². The smallest absolute Gasteiger partial charge is 0.338 e. The van der Waals surface area contributed by atoms with Gasteiger partial charge in [-0.2, -0.15) is 0 Å². The number of nitrogens with zero attached hydrogens (tertiary/aromatic N) is 2. The Morgan fingerprint density at radius 1 is 1.18 bits per heavy atom. The topological polar surface area (TPSA) is 88.4 Å². The molecule has 0 spiro atoms. The number of thiazole rings is 1. The maximum Gasteiger partial charge on any atom is 0.338 e. The summed E-state index contributed by atoms with van der Waals surface area (Å²) in [7, 11) is 1.56. The summed E-state index contributed by atoms with van der Waals surface area (Å²) in [6, 6.07) is 12.1. The third kappa shape index (κ3) is 5.83. The van der Waals surface area contributed by atoms with Crippen LogP contribution in [0.5, 0.6) is 17.2 Å². The summed E-state index contributed by atoms with van der Waals surface area (Å²) in [5, 5.41) is 0. The van der Waals surface area contributed by atoms with Crippen molar-refractivity contribution in [2.45, 2.75) is 39.8 Å². The summed E-state index contributed by atoms with van der Waals surface area (Å²) in [6.07, 6.45) is 3.33.